The van der Waals surface area contributed by atoms with Gasteiger partial charge in [0.15, 0.2) is 0 Å². The summed E-state index contributed by atoms with van der Waals surface area (Å²) in [6, 6.07) is 6.34. The number of hydrogen-bond acceptors (Lipinski definition) is 3. The van der Waals surface area contributed by atoms with E-state index in [4.69, 9.17) is 4.74 Å². The first-order valence-electron chi connectivity index (χ1n) is 4.61. The van der Waals surface area contributed by atoms with Gasteiger partial charge in [0.2, 0.25) is 0 Å². The van der Waals surface area contributed by atoms with E-state index < -0.39 is 5.97 Å². The molecule has 1 aromatic rings. The molecule has 0 saturated carbocycles. The topological polar surface area (TPSA) is 49.4 Å². The van der Waals surface area contributed by atoms with Gasteiger partial charge in [-0.2, -0.15) is 0 Å². The monoisotopic (exact) mass is 193 g/mol. The molecule has 76 valence electrons. The Balaban J connectivity index is 2.78. The number of ether oxygens (including phenoxy) is 1. The van der Waals surface area contributed by atoms with Crippen LogP contribution >= 0.6 is 0 Å². The Kier molecular flexibility index (Phi) is 3.51. The van der Waals surface area contributed by atoms with Crippen LogP contribution in [0.4, 0.5) is 0 Å². The standard InChI is InChI=1S/C11H14O3/c1-3-8(2)14-10-6-4-5-9(7-10)11(12)13/h4-8H,3H2,1-2H3,(H,12,13)/p-1/t8-/m0/s1. The van der Waals surface area contributed by atoms with Crippen LogP contribution in [0.3, 0.4) is 0 Å². The molecule has 0 fully saturated rings. The Morgan fingerprint density at radius 2 is 2.29 bits per heavy atom. The molecule has 0 aromatic heterocycles. The highest BCUT2D eigenvalue weighted by Crippen LogP contribution is 2.15. The molecule has 0 radical (unpaired) electrons. The highest BCUT2D eigenvalue weighted by Gasteiger charge is 2.01. The maximum absolute atomic E-state index is 10.5. The SMILES string of the molecule is CC[C@H](C)Oc1cccc(C(=O)[O-])c1. The number of carboxylic acid groups (broad SMARTS) is 1. The number of carbonyl (C=O) groups excluding carboxylic acids is 1. The Labute approximate surface area is 83.3 Å². The molecule has 14 heavy (non-hydrogen) atoms. The maximum Gasteiger partial charge on any atom is 0.120 e. The van der Waals surface area contributed by atoms with Crippen LogP contribution in [-0.2, 0) is 0 Å². The summed E-state index contributed by atoms with van der Waals surface area (Å²) in [6.07, 6.45) is 0.974. The van der Waals surface area contributed by atoms with Gasteiger partial charge < -0.3 is 14.6 Å². The number of carboxylic acids is 1. The van der Waals surface area contributed by atoms with E-state index in [1.54, 1.807) is 12.1 Å². The van der Waals surface area contributed by atoms with Crippen molar-refractivity contribution >= 4 is 5.97 Å². The molecule has 0 aliphatic rings. The van der Waals surface area contributed by atoms with Crippen molar-refractivity contribution in [2.24, 2.45) is 0 Å². The molecule has 0 amide bonds. The van der Waals surface area contributed by atoms with Crippen LogP contribution in [0.5, 0.6) is 5.75 Å². The van der Waals surface area contributed by atoms with E-state index in [0.29, 0.717) is 5.75 Å². The van der Waals surface area contributed by atoms with Crippen molar-refractivity contribution < 1.29 is 14.6 Å². The third-order valence-electron chi connectivity index (χ3n) is 1.98. The fourth-order valence-corrected chi connectivity index (χ4v) is 1.01. The Hall–Kier alpha value is -1.51. The molecule has 0 heterocycles. The van der Waals surface area contributed by atoms with Crippen molar-refractivity contribution in [3.63, 3.8) is 0 Å². The van der Waals surface area contributed by atoms with Gasteiger partial charge in [0.25, 0.3) is 0 Å². The van der Waals surface area contributed by atoms with Gasteiger partial charge >= 0.3 is 0 Å². The second kappa shape index (κ2) is 4.65. The minimum Gasteiger partial charge on any atom is -0.545 e. The summed E-state index contributed by atoms with van der Waals surface area (Å²) >= 11 is 0. The van der Waals surface area contributed by atoms with Gasteiger partial charge in [-0.3, -0.25) is 0 Å². The van der Waals surface area contributed by atoms with Crippen LogP contribution < -0.4 is 9.84 Å². The summed E-state index contributed by atoms with van der Waals surface area (Å²) < 4.78 is 5.46. The van der Waals surface area contributed by atoms with E-state index in [1.807, 2.05) is 13.8 Å². The molecule has 0 saturated heterocycles. The van der Waals surface area contributed by atoms with E-state index in [0.717, 1.165) is 6.42 Å². The molecule has 1 aromatic carbocycles. The first kappa shape index (κ1) is 10.6. The Morgan fingerprint density at radius 1 is 1.57 bits per heavy atom. The van der Waals surface area contributed by atoms with Gasteiger partial charge in [0.05, 0.1) is 12.1 Å². The quantitative estimate of drug-likeness (QED) is 0.722. The van der Waals surface area contributed by atoms with E-state index >= 15 is 0 Å². The van der Waals surface area contributed by atoms with Crippen LogP contribution in [0.2, 0.25) is 0 Å². The van der Waals surface area contributed by atoms with Gasteiger partial charge in [0, 0.05) is 5.56 Å². The lowest BCUT2D eigenvalue weighted by atomic mass is 10.2. The van der Waals surface area contributed by atoms with E-state index in [9.17, 15) is 9.90 Å². The summed E-state index contributed by atoms with van der Waals surface area (Å²) in [4.78, 5) is 10.5. The number of carbonyl (C=O) groups is 1. The third-order valence-corrected chi connectivity index (χ3v) is 1.98. The first-order valence-corrected chi connectivity index (χ1v) is 4.61. The minimum absolute atomic E-state index is 0.0898. The second-order valence-corrected chi connectivity index (χ2v) is 3.15. The summed E-state index contributed by atoms with van der Waals surface area (Å²) in [5.74, 6) is -0.611. The van der Waals surface area contributed by atoms with Crippen LogP contribution in [-0.4, -0.2) is 12.1 Å². The molecule has 0 aliphatic heterocycles. The highest BCUT2D eigenvalue weighted by atomic mass is 16.5. The lowest BCUT2D eigenvalue weighted by Gasteiger charge is -2.13. The van der Waals surface area contributed by atoms with Crippen molar-refractivity contribution in [1.82, 2.24) is 0 Å². The van der Waals surface area contributed by atoms with Gasteiger partial charge in [-0.1, -0.05) is 19.1 Å². The van der Waals surface area contributed by atoms with Crippen LogP contribution in [0.25, 0.3) is 0 Å². The van der Waals surface area contributed by atoms with E-state index in [1.165, 1.54) is 12.1 Å². The number of rotatable bonds is 4. The van der Waals surface area contributed by atoms with Crippen LogP contribution in [0, 0.1) is 0 Å². The zero-order valence-corrected chi connectivity index (χ0v) is 8.32. The van der Waals surface area contributed by atoms with Crippen LogP contribution in [0.1, 0.15) is 30.6 Å². The third kappa shape index (κ3) is 2.76. The lowest BCUT2D eigenvalue weighted by molar-refractivity contribution is -0.255. The molecule has 0 unspecified atom stereocenters. The Morgan fingerprint density at radius 3 is 2.86 bits per heavy atom. The second-order valence-electron chi connectivity index (χ2n) is 3.15. The highest BCUT2D eigenvalue weighted by molar-refractivity contribution is 5.86. The number of benzene rings is 1. The van der Waals surface area contributed by atoms with Crippen molar-refractivity contribution in [2.75, 3.05) is 0 Å². The fourth-order valence-electron chi connectivity index (χ4n) is 1.01. The first-order chi connectivity index (χ1) is 6.63. The van der Waals surface area contributed by atoms with Crippen molar-refractivity contribution in [3.8, 4) is 5.75 Å². The predicted octanol–water partition coefficient (Wildman–Crippen LogP) is 1.23. The normalized spacial score (nSPS) is 12.1. The molecule has 0 bridgehead atoms. The molecule has 3 nitrogen and oxygen atoms in total. The van der Waals surface area contributed by atoms with Gasteiger partial charge in [-0.05, 0) is 25.5 Å². The molecule has 1 rings (SSSR count). The zero-order chi connectivity index (χ0) is 10.6. The number of hydrogen-bond donors (Lipinski definition) is 0. The molecule has 1 atom stereocenters. The summed E-state index contributed by atoms with van der Waals surface area (Å²) in [7, 11) is 0. The van der Waals surface area contributed by atoms with Gasteiger partial charge in [-0.15, -0.1) is 0 Å². The molecule has 0 N–H and O–H groups in total. The van der Waals surface area contributed by atoms with Crippen molar-refractivity contribution in [3.05, 3.63) is 29.8 Å². The minimum atomic E-state index is -1.18. The van der Waals surface area contributed by atoms with Crippen LogP contribution in [0.15, 0.2) is 24.3 Å². The summed E-state index contributed by atoms with van der Waals surface area (Å²) in [5.41, 5.74) is 0.144. The summed E-state index contributed by atoms with van der Waals surface area (Å²) in [5, 5.41) is 10.5. The lowest BCUT2D eigenvalue weighted by Crippen LogP contribution is -2.22. The number of aromatic carboxylic acids is 1. The summed E-state index contributed by atoms with van der Waals surface area (Å²) in [6.45, 7) is 3.94. The maximum atomic E-state index is 10.5. The molecule has 0 aliphatic carbocycles. The average molecular weight is 193 g/mol. The van der Waals surface area contributed by atoms with Crippen molar-refractivity contribution in [1.29, 1.82) is 0 Å². The Bertz CT molecular complexity index is 320. The van der Waals surface area contributed by atoms with E-state index in [2.05, 4.69) is 0 Å². The molecular weight excluding hydrogens is 180 g/mol. The molecule has 0 spiro atoms. The van der Waals surface area contributed by atoms with E-state index in [-0.39, 0.29) is 11.7 Å². The zero-order valence-electron chi connectivity index (χ0n) is 8.32. The fraction of sp³-hybridized carbons (Fsp3) is 0.364. The largest absolute Gasteiger partial charge is 0.545 e. The van der Waals surface area contributed by atoms with Gasteiger partial charge in [0.1, 0.15) is 5.75 Å². The average Bonchev–Trinajstić information content (AvgIpc) is 2.18. The van der Waals surface area contributed by atoms with Crippen molar-refractivity contribution in [2.45, 2.75) is 26.4 Å². The molecule has 3 heteroatoms. The predicted molar refractivity (Wildman–Crippen MR) is 51.2 cm³/mol. The van der Waals surface area contributed by atoms with Gasteiger partial charge in [-0.25, -0.2) is 0 Å². The smallest absolute Gasteiger partial charge is 0.120 e. The molecular formula is C11H13O3-.